The number of aliphatic imine (C=N–C) groups is 1. The summed E-state index contributed by atoms with van der Waals surface area (Å²) in [4.78, 5) is 4.48. The lowest BCUT2D eigenvalue weighted by Gasteiger charge is -2.28. The fourth-order valence-electron chi connectivity index (χ4n) is 3.01. The van der Waals surface area contributed by atoms with Crippen LogP contribution in [0.2, 0.25) is 0 Å². The molecule has 1 aromatic carbocycles. The maximum atomic E-state index is 13.8. The van der Waals surface area contributed by atoms with E-state index in [0.29, 0.717) is 23.1 Å². The van der Waals surface area contributed by atoms with Crippen molar-refractivity contribution in [2.24, 2.45) is 10.9 Å². The first kappa shape index (κ1) is 20.7. The fraction of sp³-hybridized carbons (Fsp3) is 0.556. The Bertz CT molecular complexity index is 597. The first-order chi connectivity index (χ1) is 11.1. The molecular weight excluding hydrogens is 418 g/mol. The van der Waals surface area contributed by atoms with Crippen LogP contribution in [0.25, 0.3) is 0 Å². The maximum absolute atomic E-state index is 13.8. The van der Waals surface area contributed by atoms with Gasteiger partial charge in [-0.1, -0.05) is 19.8 Å². The van der Waals surface area contributed by atoms with Gasteiger partial charge in [-0.15, -0.1) is 24.0 Å². The molecule has 1 aliphatic carbocycles. The number of nitriles is 1. The molecule has 1 aliphatic rings. The summed E-state index contributed by atoms with van der Waals surface area (Å²) < 4.78 is 13.8. The minimum absolute atomic E-state index is 0. The van der Waals surface area contributed by atoms with E-state index in [4.69, 9.17) is 5.26 Å². The van der Waals surface area contributed by atoms with Crippen molar-refractivity contribution in [3.8, 4) is 6.07 Å². The molecule has 2 rings (SSSR count). The summed E-state index contributed by atoms with van der Waals surface area (Å²) in [5.74, 6) is 1.12. The molecule has 0 bridgehead atoms. The molecule has 1 aromatic rings. The number of hydrogen-bond acceptors (Lipinski definition) is 2. The van der Waals surface area contributed by atoms with E-state index in [0.717, 1.165) is 25.3 Å². The van der Waals surface area contributed by atoms with E-state index >= 15 is 0 Å². The van der Waals surface area contributed by atoms with Crippen LogP contribution < -0.4 is 10.6 Å². The molecule has 0 aliphatic heterocycles. The summed E-state index contributed by atoms with van der Waals surface area (Å²) in [5.41, 5.74) is 0.897. The number of nitrogens with zero attached hydrogens (tertiary/aromatic N) is 2. The predicted molar refractivity (Wildman–Crippen MR) is 106 cm³/mol. The number of rotatable bonds is 4. The van der Waals surface area contributed by atoms with Gasteiger partial charge in [0.1, 0.15) is 5.82 Å². The first-order valence-corrected chi connectivity index (χ1v) is 8.35. The number of hydrogen-bond donors (Lipinski definition) is 2. The summed E-state index contributed by atoms with van der Waals surface area (Å²) in [6.45, 7) is 5.27. The monoisotopic (exact) mass is 444 g/mol. The van der Waals surface area contributed by atoms with Crippen molar-refractivity contribution in [3.63, 3.8) is 0 Å². The summed E-state index contributed by atoms with van der Waals surface area (Å²) >= 11 is 0. The van der Waals surface area contributed by atoms with Gasteiger partial charge in [-0.05, 0) is 43.9 Å². The minimum Gasteiger partial charge on any atom is -0.357 e. The van der Waals surface area contributed by atoms with E-state index in [1.54, 1.807) is 6.07 Å². The van der Waals surface area contributed by atoms with Crippen LogP contribution >= 0.6 is 24.0 Å². The second-order valence-corrected chi connectivity index (χ2v) is 6.23. The van der Waals surface area contributed by atoms with E-state index in [-0.39, 0.29) is 36.3 Å². The largest absolute Gasteiger partial charge is 0.357 e. The average molecular weight is 444 g/mol. The highest BCUT2D eigenvalue weighted by Crippen LogP contribution is 2.23. The molecule has 132 valence electrons. The van der Waals surface area contributed by atoms with E-state index in [9.17, 15) is 4.39 Å². The molecule has 0 spiro atoms. The molecule has 6 heteroatoms. The normalized spacial score (nSPS) is 20.7. The van der Waals surface area contributed by atoms with Crippen LogP contribution in [-0.2, 0) is 6.54 Å². The predicted octanol–water partition coefficient (Wildman–Crippen LogP) is 3.95. The lowest BCUT2D eigenvalue weighted by atomic mass is 9.87. The lowest BCUT2D eigenvalue weighted by molar-refractivity contribution is 0.324. The molecule has 2 N–H and O–H groups in total. The zero-order valence-electron chi connectivity index (χ0n) is 14.3. The summed E-state index contributed by atoms with van der Waals surface area (Å²) in [5, 5.41) is 15.6. The molecule has 0 saturated heterocycles. The van der Waals surface area contributed by atoms with Crippen LogP contribution in [0.4, 0.5) is 4.39 Å². The van der Waals surface area contributed by atoms with Gasteiger partial charge in [0.2, 0.25) is 0 Å². The lowest BCUT2D eigenvalue weighted by Crippen LogP contribution is -2.45. The molecule has 0 radical (unpaired) electrons. The van der Waals surface area contributed by atoms with E-state index < -0.39 is 0 Å². The van der Waals surface area contributed by atoms with Gasteiger partial charge < -0.3 is 10.6 Å². The SMILES string of the molecule is CCNC(=NCc1cc(C#N)ccc1F)NC1CCCC(C)C1.I. The Balaban J connectivity index is 0.00000288. The summed E-state index contributed by atoms with van der Waals surface area (Å²) in [7, 11) is 0. The Morgan fingerprint density at radius 1 is 1.42 bits per heavy atom. The quantitative estimate of drug-likeness (QED) is 0.420. The number of nitrogens with one attached hydrogen (secondary N) is 2. The van der Waals surface area contributed by atoms with Gasteiger partial charge >= 0.3 is 0 Å². The first-order valence-electron chi connectivity index (χ1n) is 8.35. The number of halogens is 2. The van der Waals surface area contributed by atoms with E-state index in [1.807, 2.05) is 13.0 Å². The van der Waals surface area contributed by atoms with Crippen molar-refractivity contribution in [3.05, 3.63) is 35.1 Å². The van der Waals surface area contributed by atoms with Crippen LogP contribution in [-0.4, -0.2) is 18.5 Å². The summed E-state index contributed by atoms with van der Waals surface area (Å²) in [6, 6.07) is 6.82. The minimum atomic E-state index is -0.324. The van der Waals surface area contributed by atoms with Crippen LogP contribution in [0, 0.1) is 23.1 Å². The molecule has 2 unspecified atom stereocenters. The van der Waals surface area contributed by atoms with Crippen LogP contribution in [0.1, 0.15) is 50.7 Å². The van der Waals surface area contributed by atoms with Crippen molar-refractivity contribution in [2.75, 3.05) is 6.54 Å². The molecule has 1 fully saturated rings. The van der Waals surface area contributed by atoms with Gasteiger partial charge in [0, 0.05) is 18.2 Å². The van der Waals surface area contributed by atoms with Gasteiger partial charge in [-0.2, -0.15) is 5.26 Å². The highest BCUT2D eigenvalue weighted by atomic mass is 127. The van der Waals surface area contributed by atoms with Crippen LogP contribution in [0.5, 0.6) is 0 Å². The average Bonchev–Trinajstić information content (AvgIpc) is 2.54. The highest BCUT2D eigenvalue weighted by Gasteiger charge is 2.19. The molecule has 4 nitrogen and oxygen atoms in total. The Labute approximate surface area is 161 Å². The van der Waals surface area contributed by atoms with Crippen LogP contribution in [0.3, 0.4) is 0 Å². The van der Waals surface area contributed by atoms with Crippen LogP contribution in [0.15, 0.2) is 23.2 Å². The molecule has 1 saturated carbocycles. The van der Waals surface area contributed by atoms with Gasteiger partial charge in [0.25, 0.3) is 0 Å². The molecule has 24 heavy (non-hydrogen) atoms. The third-order valence-electron chi connectivity index (χ3n) is 4.20. The van der Waals surface area contributed by atoms with Gasteiger partial charge in [-0.3, -0.25) is 0 Å². The smallest absolute Gasteiger partial charge is 0.191 e. The van der Waals surface area contributed by atoms with Crippen molar-refractivity contribution < 1.29 is 4.39 Å². The Morgan fingerprint density at radius 3 is 2.88 bits per heavy atom. The van der Waals surface area contributed by atoms with Gasteiger partial charge in [0.15, 0.2) is 5.96 Å². The van der Waals surface area contributed by atoms with Gasteiger partial charge in [-0.25, -0.2) is 9.38 Å². The highest BCUT2D eigenvalue weighted by molar-refractivity contribution is 14.0. The maximum Gasteiger partial charge on any atom is 0.191 e. The molecule has 0 heterocycles. The fourth-order valence-corrected chi connectivity index (χ4v) is 3.01. The zero-order valence-corrected chi connectivity index (χ0v) is 16.6. The second-order valence-electron chi connectivity index (χ2n) is 6.23. The number of benzene rings is 1. The van der Waals surface area contributed by atoms with Crippen molar-refractivity contribution in [1.29, 1.82) is 5.26 Å². The third-order valence-corrected chi connectivity index (χ3v) is 4.20. The third kappa shape index (κ3) is 6.27. The Kier molecular flexibility index (Phi) is 9.04. The molecule has 0 aromatic heterocycles. The zero-order chi connectivity index (χ0) is 16.7. The van der Waals surface area contributed by atoms with Crippen molar-refractivity contribution in [2.45, 2.75) is 52.1 Å². The summed E-state index contributed by atoms with van der Waals surface area (Å²) in [6.07, 6.45) is 4.81. The topological polar surface area (TPSA) is 60.2 Å². The molecule has 2 atom stereocenters. The Hall–Kier alpha value is -1.36. The van der Waals surface area contributed by atoms with E-state index in [1.165, 1.54) is 25.0 Å². The standard InChI is InChI=1S/C18H25FN4.HI/c1-3-21-18(23-16-6-4-5-13(2)9-16)22-12-15-10-14(11-20)7-8-17(15)19;/h7-8,10,13,16H,3-6,9,12H2,1-2H3,(H2,21,22,23);1H. The molecule has 0 amide bonds. The van der Waals surface area contributed by atoms with E-state index in [2.05, 4.69) is 22.5 Å². The van der Waals surface area contributed by atoms with Gasteiger partial charge in [0.05, 0.1) is 18.2 Å². The number of guanidine groups is 1. The van der Waals surface area contributed by atoms with Crippen molar-refractivity contribution in [1.82, 2.24) is 10.6 Å². The second kappa shape index (κ2) is 10.5. The molecular formula is C18H26FIN4. The Morgan fingerprint density at radius 2 is 2.21 bits per heavy atom. The van der Waals surface area contributed by atoms with Crippen molar-refractivity contribution >= 4 is 29.9 Å².